The Morgan fingerprint density at radius 2 is 1.38 bits per heavy atom. The van der Waals surface area contributed by atoms with Crippen LogP contribution in [0, 0.1) is 33.6 Å². The predicted octanol–water partition coefficient (Wildman–Crippen LogP) is 6.82. The number of rotatable bonds is 6. The van der Waals surface area contributed by atoms with Crippen molar-refractivity contribution in [3.05, 3.63) is 64.8 Å². The smallest absolute Gasteiger partial charge is 0.227 e. The molecule has 2 N–H and O–H groups in total. The molecule has 1 fully saturated rings. The van der Waals surface area contributed by atoms with Gasteiger partial charge in [-0.05, 0) is 118 Å². The Morgan fingerprint density at radius 3 is 1.84 bits per heavy atom. The van der Waals surface area contributed by atoms with E-state index in [0.717, 1.165) is 29.9 Å². The number of anilines is 2. The number of benzene rings is 2. The summed E-state index contributed by atoms with van der Waals surface area (Å²) >= 11 is 0. The van der Waals surface area contributed by atoms with E-state index in [1.807, 2.05) is 18.3 Å². The molecule has 0 bridgehead atoms. The van der Waals surface area contributed by atoms with E-state index < -0.39 is 0 Å². The Morgan fingerprint density at radius 1 is 0.844 bits per heavy atom. The molecule has 1 aliphatic carbocycles. The van der Waals surface area contributed by atoms with Gasteiger partial charge in [0.05, 0.1) is 0 Å². The first-order chi connectivity index (χ1) is 15.3. The quantitative estimate of drug-likeness (QED) is 0.454. The number of amides is 1. The van der Waals surface area contributed by atoms with Gasteiger partial charge in [0.2, 0.25) is 5.91 Å². The maximum Gasteiger partial charge on any atom is 0.227 e. The molecule has 1 saturated carbocycles. The first kappa shape index (κ1) is 22.1. The second kappa shape index (κ2) is 8.78. The summed E-state index contributed by atoms with van der Waals surface area (Å²) in [6.07, 6.45) is 4.00. The van der Waals surface area contributed by atoms with Gasteiger partial charge in [-0.3, -0.25) is 4.79 Å². The van der Waals surface area contributed by atoms with Crippen LogP contribution in [0.4, 0.5) is 11.5 Å². The molecule has 1 heterocycles. The van der Waals surface area contributed by atoms with E-state index in [1.54, 1.807) is 0 Å². The molecule has 166 valence electrons. The summed E-state index contributed by atoms with van der Waals surface area (Å²) in [7, 11) is 0. The normalized spacial score (nSPS) is 13.3. The third-order valence-corrected chi connectivity index (χ3v) is 6.50. The fourth-order valence-corrected chi connectivity index (χ4v) is 4.41. The molecule has 1 amide bonds. The highest BCUT2D eigenvalue weighted by Gasteiger charge is 2.29. The summed E-state index contributed by atoms with van der Waals surface area (Å²) < 4.78 is 0. The van der Waals surface area contributed by atoms with Gasteiger partial charge in [0.25, 0.3) is 0 Å². The van der Waals surface area contributed by atoms with Crippen LogP contribution < -0.4 is 10.6 Å². The van der Waals surface area contributed by atoms with Crippen LogP contribution in [0.3, 0.4) is 0 Å². The van der Waals surface area contributed by atoms with E-state index in [2.05, 4.69) is 81.4 Å². The van der Waals surface area contributed by atoms with Crippen LogP contribution in [0.1, 0.15) is 48.9 Å². The van der Waals surface area contributed by atoms with Gasteiger partial charge in [0, 0.05) is 29.4 Å². The second-order valence-corrected chi connectivity index (χ2v) is 9.32. The van der Waals surface area contributed by atoms with Crippen molar-refractivity contribution in [3.8, 4) is 22.3 Å². The molecule has 32 heavy (non-hydrogen) atoms. The average molecular weight is 428 g/mol. The number of carbonyl (C=O) groups is 1. The number of carbonyl (C=O) groups excluding carboxylic acids is 1. The summed E-state index contributed by atoms with van der Waals surface area (Å²) in [6.45, 7) is 13.0. The van der Waals surface area contributed by atoms with Gasteiger partial charge in [-0.2, -0.15) is 0 Å². The van der Waals surface area contributed by atoms with Crippen LogP contribution in [0.2, 0.25) is 0 Å². The summed E-state index contributed by atoms with van der Waals surface area (Å²) in [4.78, 5) is 16.7. The number of hydrogen-bond donors (Lipinski definition) is 2. The van der Waals surface area contributed by atoms with Gasteiger partial charge in [-0.25, -0.2) is 4.98 Å². The Labute approximate surface area is 191 Å². The first-order valence-electron chi connectivity index (χ1n) is 11.5. The minimum Gasteiger partial charge on any atom is -0.368 e. The Hall–Kier alpha value is -3.14. The average Bonchev–Trinajstić information content (AvgIpc) is 3.60. The lowest BCUT2D eigenvalue weighted by atomic mass is 9.84. The Kier molecular flexibility index (Phi) is 6.05. The number of pyridine rings is 1. The minimum atomic E-state index is 0.143. The van der Waals surface area contributed by atoms with E-state index in [0.29, 0.717) is 6.04 Å². The molecule has 0 atom stereocenters. The molecule has 4 rings (SSSR count). The lowest BCUT2D eigenvalue weighted by molar-refractivity contribution is -0.117. The molecule has 2 aromatic carbocycles. The zero-order valence-electron chi connectivity index (χ0n) is 20.0. The van der Waals surface area contributed by atoms with Gasteiger partial charge in [-0.1, -0.05) is 12.1 Å². The van der Waals surface area contributed by atoms with Crippen LogP contribution in [0.5, 0.6) is 0 Å². The van der Waals surface area contributed by atoms with Crippen LogP contribution >= 0.6 is 0 Å². The number of nitrogens with zero attached hydrogens (tertiary/aromatic N) is 1. The van der Waals surface area contributed by atoms with Gasteiger partial charge < -0.3 is 10.6 Å². The van der Waals surface area contributed by atoms with Crippen LogP contribution in [-0.2, 0) is 4.79 Å². The van der Waals surface area contributed by atoms with E-state index in [9.17, 15) is 4.79 Å². The predicted molar refractivity (Wildman–Crippen MR) is 134 cm³/mol. The van der Waals surface area contributed by atoms with Crippen molar-refractivity contribution in [1.29, 1.82) is 0 Å². The van der Waals surface area contributed by atoms with Crippen molar-refractivity contribution in [2.45, 2.75) is 60.4 Å². The Bertz CT molecular complexity index is 1110. The molecule has 1 aliphatic rings. The third kappa shape index (κ3) is 4.40. The first-order valence-corrected chi connectivity index (χ1v) is 11.5. The molecule has 0 aliphatic heterocycles. The molecule has 0 radical (unpaired) electrons. The molecule has 4 nitrogen and oxygen atoms in total. The molecule has 0 spiro atoms. The van der Waals surface area contributed by atoms with Crippen molar-refractivity contribution in [2.75, 3.05) is 10.6 Å². The lowest BCUT2D eigenvalue weighted by Crippen LogP contribution is -2.13. The number of aromatic nitrogens is 1. The summed E-state index contributed by atoms with van der Waals surface area (Å²) in [5.74, 6) is 1.25. The summed E-state index contributed by atoms with van der Waals surface area (Å²) in [6, 6.07) is 12.8. The standard InChI is InChI=1S/C28H33N3O/c1-16(2)30-25-14-11-23(15-29-25)27-19(5)17(3)26(18(4)20(27)6)21-9-12-24(13-10-21)31-28(32)22-7-8-22/h9-16,22H,7-8H2,1-6H3,(H,29,30)(H,31,32). The van der Waals surface area contributed by atoms with Crippen LogP contribution in [0.25, 0.3) is 22.3 Å². The number of nitrogens with one attached hydrogen (secondary N) is 2. The molecule has 0 saturated heterocycles. The van der Waals surface area contributed by atoms with Crippen LogP contribution in [-0.4, -0.2) is 16.9 Å². The maximum atomic E-state index is 12.1. The summed E-state index contributed by atoms with van der Waals surface area (Å²) in [5.41, 5.74) is 10.8. The SMILES string of the molecule is Cc1c(C)c(-c2ccc(NC(C)C)nc2)c(C)c(C)c1-c1ccc(NC(=O)C2CC2)cc1. The lowest BCUT2D eigenvalue weighted by Gasteiger charge is -2.21. The van der Waals surface area contributed by atoms with Crippen molar-refractivity contribution in [2.24, 2.45) is 5.92 Å². The van der Waals surface area contributed by atoms with E-state index >= 15 is 0 Å². The topological polar surface area (TPSA) is 54.0 Å². The van der Waals surface area contributed by atoms with Crippen molar-refractivity contribution in [1.82, 2.24) is 4.98 Å². The minimum absolute atomic E-state index is 0.143. The molecule has 1 aromatic heterocycles. The highest BCUT2D eigenvalue weighted by atomic mass is 16.2. The highest BCUT2D eigenvalue weighted by molar-refractivity contribution is 5.94. The third-order valence-electron chi connectivity index (χ3n) is 6.50. The fraction of sp³-hybridized carbons (Fsp3) is 0.357. The van der Waals surface area contributed by atoms with Gasteiger partial charge in [0.1, 0.15) is 5.82 Å². The van der Waals surface area contributed by atoms with Gasteiger partial charge in [-0.15, -0.1) is 0 Å². The van der Waals surface area contributed by atoms with Gasteiger partial charge >= 0.3 is 0 Å². The second-order valence-electron chi connectivity index (χ2n) is 9.32. The van der Waals surface area contributed by atoms with Crippen molar-refractivity contribution < 1.29 is 4.79 Å². The van der Waals surface area contributed by atoms with E-state index in [1.165, 1.54) is 38.9 Å². The monoisotopic (exact) mass is 427 g/mol. The highest BCUT2D eigenvalue weighted by Crippen LogP contribution is 2.39. The Balaban J connectivity index is 1.67. The van der Waals surface area contributed by atoms with E-state index in [4.69, 9.17) is 0 Å². The van der Waals surface area contributed by atoms with E-state index in [-0.39, 0.29) is 11.8 Å². The number of hydrogen-bond acceptors (Lipinski definition) is 3. The largest absolute Gasteiger partial charge is 0.368 e. The van der Waals surface area contributed by atoms with Crippen LogP contribution in [0.15, 0.2) is 42.6 Å². The molecule has 0 unspecified atom stereocenters. The van der Waals surface area contributed by atoms with Gasteiger partial charge in [0.15, 0.2) is 0 Å². The summed E-state index contributed by atoms with van der Waals surface area (Å²) in [5, 5.41) is 6.38. The fourth-order valence-electron chi connectivity index (χ4n) is 4.41. The van der Waals surface area contributed by atoms with Crippen molar-refractivity contribution >= 4 is 17.4 Å². The molecular weight excluding hydrogens is 394 g/mol. The molecule has 4 heteroatoms. The zero-order valence-corrected chi connectivity index (χ0v) is 20.0. The molecular formula is C28H33N3O. The molecule has 3 aromatic rings. The zero-order chi connectivity index (χ0) is 23.0. The maximum absolute atomic E-state index is 12.1. The van der Waals surface area contributed by atoms with Crippen molar-refractivity contribution in [3.63, 3.8) is 0 Å².